The number of thiazole rings is 1. The maximum Gasteiger partial charge on any atom is 0.243 e. The van der Waals surface area contributed by atoms with Crippen molar-refractivity contribution < 1.29 is 9.21 Å². The van der Waals surface area contributed by atoms with Gasteiger partial charge in [0.25, 0.3) is 0 Å². The fraction of sp³-hybridized carbons (Fsp3) is 0.300. The highest BCUT2D eigenvalue weighted by Gasteiger charge is 2.19. The molecule has 0 bridgehead atoms. The van der Waals surface area contributed by atoms with Crippen molar-refractivity contribution in [3.8, 4) is 0 Å². The molecular weight excluding hydrogens is 212 g/mol. The van der Waals surface area contributed by atoms with E-state index in [0.29, 0.717) is 28.8 Å². The van der Waals surface area contributed by atoms with Crippen LogP contribution < -0.4 is 0 Å². The molecule has 2 heterocycles. The summed E-state index contributed by atoms with van der Waals surface area (Å²) in [5.74, 6) is 0.991. The molecule has 0 unspecified atom stereocenters. The fourth-order valence-electron chi connectivity index (χ4n) is 1.25. The molecule has 0 saturated heterocycles. The van der Waals surface area contributed by atoms with Crippen molar-refractivity contribution in [2.24, 2.45) is 0 Å². The van der Waals surface area contributed by atoms with Crippen LogP contribution in [0.4, 0.5) is 0 Å². The summed E-state index contributed by atoms with van der Waals surface area (Å²) in [6, 6.07) is 0. The predicted molar refractivity (Wildman–Crippen MR) is 56.2 cm³/mol. The highest BCUT2D eigenvalue weighted by atomic mass is 32.1. The van der Waals surface area contributed by atoms with Crippen molar-refractivity contribution >= 4 is 17.1 Å². The summed E-state index contributed by atoms with van der Waals surface area (Å²) >= 11 is 1.31. The molecule has 0 spiro atoms. The van der Waals surface area contributed by atoms with Gasteiger partial charge in [0.05, 0.1) is 0 Å². The van der Waals surface area contributed by atoms with Gasteiger partial charge >= 0.3 is 0 Å². The van der Waals surface area contributed by atoms with E-state index in [-0.39, 0.29) is 5.78 Å². The molecule has 2 aromatic rings. The van der Waals surface area contributed by atoms with E-state index in [2.05, 4.69) is 9.97 Å². The third-order valence-electron chi connectivity index (χ3n) is 1.98. The van der Waals surface area contributed by atoms with Crippen molar-refractivity contribution in [3.05, 3.63) is 33.9 Å². The number of oxazole rings is 1. The van der Waals surface area contributed by atoms with Crippen LogP contribution in [0.5, 0.6) is 0 Å². The Labute approximate surface area is 91.0 Å². The molecule has 2 rings (SSSR count). The molecule has 0 fully saturated rings. The summed E-state index contributed by atoms with van der Waals surface area (Å²) in [6.45, 7) is 3.68. The number of nitrogens with zero attached hydrogens (tertiary/aromatic N) is 2. The monoisotopic (exact) mass is 222 g/mol. The van der Waals surface area contributed by atoms with Crippen molar-refractivity contribution in [2.45, 2.75) is 20.3 Å². The molecule has 0 aliphatic rings. The topological polar surface area (TPSA) is 56.0 Å². The molecule has 0 radical (unpaired) electrons. The van der Waals surface area contributed by atoms with Gasteiger partial charge in [0.2, 0.25) is 5.78 Å². The van der Waals surface area contributed by atoms with E-state index in [1.807, 2.05) is 6.92 Å². The Morgan fingerprint density at radius 1 is 1.60 bits per heavy atom. The van der Waals surface area contributed by atoms with E-state index in [1.165, 1.54) is 11.3 Å². The zero-order chi connectivity index (χ0) is 10.8. The lowest BCUT2D eigenvalue weighted by atomic mass is 10.2. The van der Waals surface area contributed by atoms with Crippen LogP contribution in [-0.2, 0) is 6.42 Å². The lowest BCUT2D eigenvalue weighted by Crippen LogP contribution is -2.02. The van der Waals surface area contributed by atoms with Crippen molar-refractivity contribution in [1.29, 1.82) is 0 Å². The maximum atomic E-state index is 11.9. The summed E-state index contributed by atoms with van der Waals surface area (Å²) in [5.41, 5.74) is 0.377. The Bertz CT molecular complexity index is 474. The SMILES string of the molecule is CCc1nc(C(=O)c2nccs2)c(C)o1. The number of hydrogen-bond acceptors (Lipinski definition) is 5. The first-order chi connectivity index (χ1) is 7.22. The van der Waals surface area contributed by atoms with Crippen LogP contribution in [0.3, 0.4) is 0 Å². The van der Waals surface area contributed by atoms with Gasteiger partial charge in [-0.1, -0.05) is 6.92 Å². The van der Waals surface area contributed by atoms with Gasteiger partial charge in [-0.2, -0.15) is 0 Å². The second kappa shape index (κ2) is 3.94. The lowest BCUT2D eigenvalue weighted by Gasteiger charge is -1.90. The summed E-state index contributed by atoms with van der Waals surface area (Å²) in [6.07, 6.45) is 2.29. The summed E-state index contributed by atoms with van der Waals surface area (Å²) < 4.78 is 5.33. The molecule has 4 nitrogen and oxygen atoms in total. The van der Waals surface area contributed by atoms with Crippen LogP contribution in [0, 0.1) is 6.92 Å². The van der Waals surface area contributed by atoms with Gasteiger partial charge in [-0.25, -0.2) is 9.97 Å². The molecule has 0 saturated carbocycles. The normalized spacial score (nSPS) is 10.5. The second-order valence-electron chi connectivity index (χ2n) is 3.03. The number of carbonyl (C=O) groups excluding carboxylic acids is 1. The van der Waals surface area contributed by atoms with Gasteiger partial charge in [-0.05, 0) is 6.92 Å². The zero-order valence-electron chi connectivity index (χ0n) is 8.48. The minimum atomic E-state index is -0.161. The molecule has 78 valence electrons. The highest BCUT2D eigenvalue weighted by Crippen LogP contribution is 2.16. The van der Waals surface area contributed by atoms with E-state index in [4.69, 9.17) is 4.42 Å². The van der Waals surface area contributed by atoms with Crippen LogP contribution in [0.2, 0.25) is 0 Å². The molecule has 5 heteroatoms. The van der Waals surface area contributed by atoms with Gasteiger partial charge in [0.15, 0.2) is 16.6 Å². The first kappa shape index (κ1) is 10.0. The number of aryl methyl sites for hydroxylation is 2. The third kappa shape index (κ3) is 1.83. The van der Waals surface area contributed by atoms with Crippen LogP contribution in [0.15, 0.2) is 16.0 Å². The third-order valence-corrected chi connectivity index (χ3v) is 2.76. The molecule has 0 aromatic carbocycles. The molecule has 0 aliphatic carbocycles. The van der Waals surface area contributed by atoms with Crippen LogP contribution in [0.25, 0.3) is 0 Å². The average molecular weight is 222 g/mol. The Hall–Kier alpha value is -1.49. The van der Waals surface area contributed by atoms with E-state index in [9.17, 15) is 4.79 Å². The molecule has 0 N–H and O–H groups in total. The van der Waals surface area contributed by atoms with Crippen LogP contribution >= 0.6 is 11.3 Å². The van der Waals surface area contributed by atoms with Gasteiger partial charge in [-0.15, -0.1) is 11.3 Å². The van der Waals surface area contributed by atoms with Crippen molar-refractivity contribution in [2.75, 3.05) is 0 Å². The Kier molecular flexibility index (Phi) is 2.64. The molecular formula is C10H10N2O2S. The van der Waals surface area contributed by atoms with Gasteiger partial charge < -0.3 is 4.42 Å². The number of hydrogen-bond donors (Lipinski definition) is 0. The van der Waals surface area contributed by atoms with Gasteiger partial charge in [0, 0.05) is 18.0 Å². The number of ketones is 1. The van der Waals surface area contributed by atoms with Crippen LogP contribution in [0.1, 0.15) is 34.1 Å². The number of carbonyl (C=O) groups is 1. The highest BCUT2D eigenvalue weighted by molar-refractivity contribution is 7.11. The van der Waals surface area contributed by atoms with E-state index >= 15 is 0 Å². The quantitative estimate of drug-likeness (QED) is 0.747. The van der Waals surface area contributed by atoms with Gasteiger partial charge in [0.1, 0.15) is 5.76 Å². The summed E-state index contributed by atoms with van der Waals surface area (Å²) in [4.78, 5) is 20.0. The van der Waals surface area contributed by atoms with Crippen LogP contribution in [-0.4, -0.2) is 15.8 Å². The molecule has 0 aliphatic heterocycles. The predicted octanol–water partition coefficient (Wildman–Crippen LogP) is 2.23. The van der Waals surface area contributed by atoms with Crippen molar-refractivity contribution in [3.63, 3.8) is 0 Å². The lowest BCUT2D eigenvalue weighted by molar-refractivity contribution is 0.103. The molecule has 15 heavy (non-hydrogen) atoms. The average Bonchev–Trinajstić information content (AvgIpc) is 2.85. The second-order valence-corrected chi connectivity index (χ2v) is 3.93. The van der Waals surface area contributed by atoms with Gasteiger partial charge in [-0.3, -0.25) is 4.79 Å². The smallest absolute Gasteiger partial charge is 0.243 e. The molecule has 0 atom stereocenters. The zero-order valence-corrected chi connectivity index (χ0v) is 9.30. The van der Waals surface area contributed by atoms with E-state index in [1.54, 1.807) is 18.5 Å². The number of aromatic nitrogens is 2. The maximum absolute atomic E-state index is 11.9. The fourth-order valence-corrected chi connectivity index (χ4v) is 1.83. The Morgan fingerprint density at radius 3 is 2.93 bits per heavy atom. The Morgan fingerprint density at radius 2 is 2.40 bits per heavy atom. The van der Waals surface area contributed by atoms with E-state index < -0.39 is 0 Å². The Balaban J connectivity index is 2.37. The first-order valence-electron chi connectivity index (χ1n) is 4.63. The molecule has 2 aromatic heterocycles. The standard InChI is InChI=1S/C10H10N2O2S/c1-3-7-12-8(6(2)14-7)9(13)10-11-4-5-15-10/h4-5H,3H2,1-2H3. The summed E-state index contributed by atoms with van der Waals surface area (Å²) in [7, 11) is 0. The minimum Gasteiger partial charge on any atom is -0.445 e. The van der Waals surface area contributed by atoms with E-state index in [0.717, 1.165) is 0 Å². The summed E-state index contributed by atoms with van der Waals surface area (Å²) in [5, 5.41) is 2.22. The molecule has 0 amide bonds. The number of rotatable bonds is 3. The minimum absolute atomic E-state index is 0.161. The van der Waals surface area contributed by atoms with Crippen molar-refractivity contribution in [1.82, 2.24) is 9.97 Å². The first-order valence-corrected chi connectivity index (χ1v) is 5.50. The largest absolute Gasteiger partial charge is 0.445 e.